The van der Waals surface area contributed by atoms with Gasteiger partial charge in [-0.1, -0.05) is 27.5 Å². The van der Waals surface area contributed by atoms with Crippen molar-refractivity contribution in [1.29, 1.82) is 0 Å². The zero-order valence-corrected chi connectivity index (χ0v) is 10.2. The van der Waals surface area contributed by atoms with E-state index < -0.39 is 18.8 Å². The summed E-state index contributed by atoms with van der Waals surface area (Å²) in [5, 5.41) is 11.5. The lowest BCUT2D eigenvalue weighted by Crippen LogP contribution is -2.35. The molecule has 0 spiro atoms. The molecule has 1 unspecified atom stereocenters. The van der Waals surface area contributed by atoms with Crippen LogP contribution in [0.4, 0.5) is 18.9 Å². The first-order valence-corrected chi connectivity index (χ1v) is 5.41. The molecule has 0 aliphatic rings. The Morgan fingerprint density at radius 1 is 1.44 bits per heavy atom. The summed E-state index contributed by atoms with van der Waals surface area (Å²) < 4.78 is 36.7. The van der Waals surface area contributed by atoms with Gasteiger partial charge in [-0.3, -0.25) is 0 Å². The van der Waals surface area contributed by atoms with E-state index in [1.165, 1.54) is 6.07 Å². The molecule has 1 atom stereocenters. The number of rotatable bonds is 3. The van der Waals surface area contributed by atoms with Crippen molar-refractivity contribution in [3.05, 3.63) is 27.7 Å². The number of alkyl halides is 3. The van der Waals surface area contributed by atoms with Gasteiger partial charge in [-0.05, 0) is 18.2 Å². The third-order valence-corrected chi connectivity index (χ3v) is 2.60. The van der Waals surface area contributed by atoms with E-state index in [1.807, 2.05) is 0 Å². The quantitative estimate of drug-likeness (QED) is 0.895. The molecule has 7 heteroatoms. The molecule has 0 aliphatic heterocycles. The summed E-state index contributed by atoms with van der Waals surface area (Å²) in [7, 11) is 0. The molecule has 2 nitrogen and oxygen atoms in total. The number of anilines is 1. The maximum absolute atomic E-state index is 12.0. The van der Waals surface area contributed by atoms with Crippen LogP contribution in [0.3, 0.4) is 0 Å². The molecule has 0 aromatic heterocycles. The minimum atomic E-state index is -4.63. The van der Waals surface area contributed by atoms with Crippen LogP contribution in [0.25, 0.3) is 0 Å². The fraction of sp³-hybridized carbons (Fsp3) is 0.333. The van der Waals surface area contributed by atoms with Gasteiger partial charge >= 0.3 is 6.18 Å². The Morgan fingerprint density at radius 2 is 2.06 bits per heavy atom. The second kappa shape index (κ2) is 5.25. The number of hydrogen-bond acceptors (Lipinski definition) is 2. The van der Waals surface area contributed by atoms with Crippen LogP contribution in [0.1, 0.15) is 0 Å². The second-order valence-electron chi connectivity index (χ2n) is 3.06. The fourth-order valence-electron chi connectivity index (χ4n) is 0.955. The molecule has 2 N–H and O–H groups in total. The van der Waals surface area contributed by atoms with Gasteiger partial charge in [-0.15, -0.1) is 0 Å². The molecule has 1 aromatic carbocycles. The van der Waals surface area contributed by atoms with Gasteiger partial charge in [0.05, 0.1) is 10.7 Å². The molecule has 16 heavy (non-hydrogen) atoms. The van der Waals surface area contributed by atoms with Crippen LogP contribution in [0, 0.1) is 0 Å². The molecule has 0 heterocycles. The Morgan fingerprint density at radius 3 is 2.56 bits per heavy atom. The van der Waals surface area contributed by atoms with Gasteiger partial charge in [0.1, 0.15) is 0 Å². The number of nitrogens with one attached hydrogen (secondary N) is 1. The van der Waals surface area contributed by atoms with Gasteiger partial charge in [0.15, 0.2) is 6.10 Å². The molecular weight excluding hydrogens is 310 g/mol. The first-order valence-electron chi connectivity index (χ1n) is 4.24. The highest BCUT2D eigenvalue weighted by Crippen LogP contribution is 2.26. The van der Waals surface area contributed by atoms with Crippen molar-refractivity contribution in [1.82, 2.24) is 0 Å². The molecule has 0 radical (unpaired) electrons. The zero-order valence-electron chi connectivity index (χ0n) is 7.85. The number of aliphatic hydroxyl groups is 1. The summed E-state index contributed by atoms with van der Waals surface area (Å²) in [6.45, 7) is -0.634. The van der Waals surface area contributed by atoms with E-state index >= 15 is 0 Å². The van der Waals surface area contributed by atoms with Crippen LogP contribution in [-0.2, 0) is 0 Å². The Hall–Kier alpha value is -0.460. The number of hydrogen-bond donors (Lipinski definition) is 2. The Balaban J connectivity index is 2.62. The average molecular weight is 319 g/mol. The van der Waals surface area contributed by atoms with Crippen molar-refractivity contribution in [2.45, 2.75) is 12.3 Å². The minimum absolute atomic E-state index is 0.281. The lowest BCUT2D eigenvalue weighted by Gasteiger charge is -2.16. The highest BCUT2D eigenvalue weighted by atomic mass is 79.9. The molecule has 1 rings (SSSR count). The topological polar surface area (TPSA) is 32.3 Å². The summed E-state index contributed by atoms with van der Waals surface area (Å²) in [5.74, 6) is 0. The first-order chi connectivity index (χ1) is 7.30. The third-order valence-electron chi connectivity index (χ3n) is 1.79. The second-order valence-corrected chi connectivity index (χ2v) is 4.39. The van der Waals surface area contributed by atoms with E-state index in [0.29, 0.717) is 5.69 Å². The van der Waals surface area contributed by atoms with Gasteiger partial charge in [-0.25, -0.2) is 0 Å². The van der Waals surface area contributed by atoms with Crippen LogP contribution >= 0.6 is 27.5 Å². The molecule has 0 aliphatic carbocycles. The van der Waals surface area contributed by atoms with E-state index in [9.17, 15) is 13.2 Å². The van der Waals surface area contributed by atoms with Gasteiger partial charge < -0.3 is 10.4 Å². The zero-order chi connectivity index (χ0) is 12.3. The van der Waals surface area contributed by atoms with Crippen molar-refractivity contribution >= 4 is 33.2 Å². The van der Waals surface area contributed by atoms with Gasteiger partial charge in [0.25, 0.3) is 0 Å². The number of benzene rings is 1. The lowest BCUT2D eigenvalue weighted by atomic mass is 10.3. The van der Waals surface area contributed by atoms with Crippen molar-refractivity contribution in [2.24, 2.45) is 0 Å². The molecule has 0 saturated carbocycles. The molecule has 0 amide bonds. The monoisotopic (exact) mass is 317 g/mol. The average Bonchev–Trinajstić information content (AvgIpc) is 2.14. The standard InChI is InChI=1S/C9H8BrClF3NO/c10-5-1-2-7(6(11)3-5)15-4-8(16)9(12,13)14/h1-3,8,15-16H,4H2. The highest BCUT2D eigenvalue weighted by Gasteiger charge is 2.37. The lowest BCUT2D eigenvalue weighted by molar-refractivity contribution is -0.198. The normalized spacial score (nSPS) is 13.6. The van der Waals surface area contributed by atoms with Gasteiger partial charge in [0.2, 0.25) is 0 Å². The third kappa shape index (κ3) is 3.84. The molecule has 0 saturated heterocycles. The molecule has 0 fully saturated rings. The van der Waals surface area contributed by atoms with Gasteiger partial charge in [0, 0.05) is 11.0 Å². The Kier molecular flexibility index (Phi) is 4.46. The number of aliphatic hydroxyl groups excluding tert-OH is 1. The minimum Gasteiger partial charge on any atom is -0.382 e. The molecule has 90 valence electrons. The molecular formula is C9H8BrClF3NO. The predicted molar refractivity (Wildman–Crippen MR) is 59.7 cm³/mol. The molecule has 0 bridgehead atoms. The predicted octanol–water partition coefficient (Wildman–Crippen LogP) is 3.44. The van der Waals surface area contributed by atoms with Crippen molar-refractivity contribution in [2.75, 3.05) is 11.9 Å². The summed E-state index contributed by atoms with van der Waals surface area (Å²) in [6, 6.07) is 4.70. The van der Waals surface area contributed by atoms with Crippen molar-refractivity contribution in [3.8, 4) is 0 Å². The van der Waals surface area contributed by atoms with Crippen LogP contribution in [0.15, 0.2) is 22.7 Å². The van der Waals surface area contributed by atoms with E-state index in [1.54, 1.807) is 12.1 Å². The number of halogens is 5. The molecule has 1 aromatic rings. The van der Waals surface area contributed by atoms with E-state index in [-0.39, 0.29) is 5.02 Å². The largest absolute Gasteiger partial charge is 0.416 e. The van der Waals surface area contributed by atoms with Crippen molar-refractivity contribution in [3.63, 3.8) is 0 Å². The van der Waals surface area contributed by atoms with Gasteiger partial charge in [-0.2, -0.15) is 13.2 Å². The summed E-state index contributed by atoms with van der Waals surface area (Å²) in [5.41, 5.74) is 0.341. The maximum atomic E-state index is 12.0. The fourth-order valence-corrected chi connectivity index (χ4v) is 1.70. The summed E-state index contributed by atoms with van der Waals surface area (Å²) >= 11 is 8.94. The Labute approximate surface area is 104 Å². The Bertz CT molecular complexity index is 372. The first kappa shape index (κ1) is 13.6. The SMILES string of the molecule is OC(CNc1ccc(Br)cc1Cl)C(F)(F)F. The van der Waals surface area contributed by atoms with Crippen LogP contribution in [-0.4, -0.2) is 23.9 Å². The summed E-state index contributed by atoms with van der Waals surface area (Å²) in [6.07, 6.45) is -7.04. The highest BCUT2D eigenvalue weighted by molar-refractivity contribution is 9.10. The van der Waals surface area contributed by atoms with Crippen LogP contribution in [0.5, 0.6) is 0 Å². The maximum Gasteiger partial charge on any atom is 0.416 e. The summed E-state index contributed by atoms with van der Waals surface area (Å²) in [4.78, 5) is 0. The van der Waals surface area contributed by atoms with Crippen LogP contribution in [0.2, 0.25) is 5.02 Å². The smallest absolute Gasteiger partial charge is 0.382 e. The van der Waals surface area contributed by atoms with Crippen LogP contribution < -0.4 is 5.32 Å². The van der Waals surface area contributed by atoms with E-state index in [2.05, 4.69) is 21.2 Å². The van der Waals surface area contributed by atoms with E-state index in [4.69, 9.17) is 16.7 Å². The van der Waals surface area contributed by atoms with Crippen molar-refractivity contribution < 1.29 is 18.3 Å². The van der Waals surface area contributed by atoms with E-state index in [0.717, 1.165) is 4.47 Å².